The average Bonchev–Trinajstić information content (AvgIpc) is 2.99. The molecule has 22 heavy (non-hydrogen) atoms. The predicted octanol–water partition coefficient (Wildman–Crippen LogP) is 2.27. The van der Waals surface area contributed by atoms with Gasteiger partial charge in [-0.1, -0.05) is 13.3 Å². The Hall–Kier alpha value is -1.33. The second kappa shape index (κ2) is 7.79. The standard InChI is InChI=1S/C17H28N2O3/c1-4-5-8-18(3)12-15-17(21)16(20)10-13(2)19(15)11-14-7-6-9-22-14/h10,14,21H,4-9,11-12H2,1-3H3. The lowest BCUT2D eigenvalue weighted by Crippen LogP contribution is -2.27. The monoisotopic (exact) mass is 308 g/mol. The molecule has 1 aromatic heterocycles. The van der Waals surface area contributed by atoms with Crippen molar-refractivity contribution in [1.82, 2.24) is 9.47 Å². The van der Waals surface area contributed by atoms with Gasteiger partial charge in [0.25, 0.3) is 0 Å². The van der Waals surface area contributed by atoms with Gasteiger partial charge in [-0.2, -0.15) is 0 Å². The Morgan fingerprint density at radius 1 is 1.50 bits per heavy atom. The van der Waals surface area contributed by atoms with Crippen LogP contribution in [0, 0.1) is 6.92 Å². The van der Waals surface area contributed by atoms with Gasteiger partial charge in [0, 0.05) is 31.5 Å². The molecule has 124 valence electrons. The molecule has 0 aliphatic carbocycles. The molecule has 5 nitrogen and oxygen atoms in total. The molecule has 1 aromatic rings. The Bertz CT molecular complexity index is 548. The Labute approximate surface area is 132 Å². The molecule has 0 radical (unpaired) electrons. The van der Waals surface area contributed by atoms with Crippen LogP contribution < -0.4 is 5.43 Å². The van der Waals surface area contributed by atoms with Crippen molar-refractivity contribution in [2.24, 2.45) is 0 Å². The van der Waals surface area contributed by atoms with E-state index in [1.165, 1.54) is 6.07 Å². The van der Waals surface area contributed by atoms with Crippen LogP contribution >= 0.6 is 0 Å². The van der Waals surface area contributed by atoms with Crippen molar-refractivity contribution >= 4 is 0 Å². The van der Waals surface area contributed by atoms with Crippen molar-refractivity contribution in [3.05, 3.63) is 27.7 Å². The minimum Gasteiger partial charge on any atom is -0.503 e. The highest BCUT2D eigenvalue weighted by atomic mass is 16.5. The van der Waals surface area contributed by atoms with Crippen LogP contribution in [0.5, 0.6) is 5.75 Å². The molecule has 1 saturated heterocycles. The third-order valence-electron chi connectivity index (χ3n) is 4.32. The summed E-state index contributed by atoms with van der Waals surface area (Å²) in [5.74, 6) is -0.119. The maximum absolute atomic E-state index is 11.9. The SMILES string of the molecule is CCCCN(C)Cc1c(O)c(=O)cc(C)n1CC1CCCO1. The van der Waals surface area contributed by atoms with Crippen LogP contribution in [0.4, 0.5) is 0 Å². The van der Waals surface area contributed by atoms with Gasteiger partial charge in [-0.25, -0.2) is 0 Å². The highest BCUT2D eigenvalue weighted by molar-refractivity contribution is 5.30. The summed E-state index contributed by atoms with van der Waals surface area (Å²) in [6, 6.07) is 1.51. The predicted molar refractivity (Wildman–Crippen MR) is 87.3 cm³/mol. The van der Waals surface area contributed by atoms with Crippen molar-refractivity contribution < 1.29 is 9.84 Å². The lowest BCUT2D eigenvalue weighted by atomic mass is 10.2. The van der Waals surface area contributed by atoms with E-state index in [1.807, 2.05) is 14.0 Å². The molecule has 0 saturated carbocycles. The van der Waals surface area contributed by atoms with Crippen LogP contribution in [0.25, 0.3) is 0 Å². The number of aromatic hydroxyl groups is 1. The van der Waals surface area contributed by atoms with Crippen LogP contribution in [0.3, 0.4) is 0 Å². The smallest absolute Gasteiger partial charge is 0.223 e. The third-order valence-corrected chi connectivity index (χ3v) is 4.32. The number of aromatic nitrogens is 1. The molecule has 1 aliphatic heterocycles. The number of nitrogens with zero attached hydrogens (tertiary/aromatic N) is 2. The Morgan fingerprint density at radius 2 is 2.27 bits per heavy atom. The number of hydrogen-bond acceptors (Lipinski definition) is 4. The van der Waals surface area contributed by atoms with E-state index in [9.17, 15) is 9.90 Å². The summed E-state index contributed by atoms with van der Waals surface area (Å²) in [7, 11) is 2.03. The average molecular weight is 308 g/mol. The number of unbranched alkanes of at least 4 members (excludes halogenated alkanes) is 1. The first kappa shape index (κ1) is 17.0. The fourth-order valence-corrected chi connectivity index (χ4v) is 2.99. The molecule has 5 heteroatoms. The van der Waals surface area contributed by atoms with Crippen molar-refractivity contribution in [2.45, 2.75) is 58.7 Å². The first-order valence-electron chi connectivity index (χ1n) is 8.25. The number of aryl methyl sites for hydroxylation is 1. The van der Waals surface area contributed by atoms with Crippen LogP contribution in [0.15, 0.2) is 10.9 Å². The fourth-order valence-electron chi connectivity index (χ4n) is 2.99. The van der Waals surface area contributed by atoms with E-state index < -0.39 is 0 Å². The summed E-state index contributed by atoms with van der Waals surface area (Å²) in [5.41, 5.74) is 1.30. The van der Waals surface area contributed by atoms with Gasteiger partial charge in [-0.05, 0) is 39.8 Å². The highest BCUT2D eigenvalue weighted by Crippen LogP contribution is 2.21. The zero-order valence-corrected chi connectivity index (χ0v) is 14.0. The normalized spacial score (nSPS) is 18.3. The highest BCUT2D eigenvalue weighted by Gasteiger charge is 2.21. The minimum absolute atomic E-state index is 0.119. The number of rotatable bonds is 7. The summed E-state index contributed by atoms with van der Waals surface area (Å²) in [6.45, 7) is 7.13. The zero-order valence-electron chi connectivity index (χ0n) is 14.0. The second-order valence-corrected chi connectivity index (χ2v) is 6.28. The van der Waals surface area contributed by atoms with E-state index in [0.717, 1.165) is 44.5 Å². The first-order valence-corrected chi connectivity index (χ1v) is 8.25. The Balaban J connectivity index is 2.25. The second-order valence-electron chi connectivity index (χ2n) is 6.28. The zero-order chi connectivity index (χ0) is 16.1. The van der Waals surface area contributed by atoms with Crippen molar-refractivity contribution in [3.63, 3.8) is 0 Å². The van der Waals surface area contributed by atoms with Crippen molar-refractivity contribution in [2.75, 3.05) is 20.2 Å². The topological polar surface area (TPSA) is 54.7 Å². The Kier molecular flexibility index (Phi) is 6.03. The summed E-state index contributed by atoms with van der Waals surface area (Å²) in [6.07, 6.45) is 4.55. The summed E-state index contributed by atoms with van der Waals surface area (Å²) in [4.78, 5) is 14.1. The van der Waals surface area contributed by atoms with Crippen LogP contribution in [0.2, 0.25) is 0 Å². The quantitative estimate of drug-likeness (QED) is 0.839. The van der Waals surface area contributed by atoms with Crippen LogP contribution in [-0.4, -0.2) is 40.9 Å². The van der Waals surface area contributed by atoms with Gasteiger partial charge in [0.15, 0.2) is 5.75 Å². The molecule has 0 bridgehead atoms. The van der Waals surface area contributed by atoms with E-state index >= 15 is 0 Å². The lowest BCUT2D eigenvalue weighted by molar-refractivity contribution is 0.0947. The number of pyridine rings is 1. The van der Waals surface area contributed by atoms with E-state index in [1.54, 1.807) is 0 Å². The molecule has 1 aliphatic rings. The fraction of sp³-hybridized carbons (Fsp3) is 0.706. The van der Waals surface area contributed by atoms with Crippen molar-refractivity contribution in [1.29, 1.82) is 0 Å². The van der Waals surface area contributed by atoms with Gasteiger partial charge in [0.05, 0.1) is 11.8 Å². The molecule has 2 heterocycles. The molecule has 2 rings (SSSR count). The van der Waals surface area contributed by atoms with Crippen molar-refractivity contribution in [3.8, 4) is 5.75 Å². The van der Waals surface area contributed by atoms with Crippen LogP contribution in [-0.2, 0) is 17.8 Å². The summed E-state index contributed by atoms with van der Waals surface area (Å²) >= 11 is 0. The molecule has 1 N–H and O–H groups in total. The lowest BCUT2D eigenvalue weighted by Gasteiger charge is -2.24. The van der Waals surface area contributed by atoms with Gasteiger partial charge in [-0.3, -0.25) is 4.79 Å². The minimum atomic E-state index is -0.292. The van der Waals surface area contributed by atoms with E-state index in [2.05, 4.69) is 16.4 Å². The Morgan fingerprint density at radius 3 is 2.91 bits per heavy atom. The number of ether oxygens (including phenoxy) is 1. The third kappa shape index (κ3) is 4.11. The summed E-state index contributed by atoms with van der Waals surface area (Å²) in [5, 5.41) is 10.3. The van der Waals surface area contributed by atoms with Gasteiger partial charge in [-0.15, -0.1) is 0 Å². The van der Waals surface area contributed by atoms with E-state index in [0.29, 0.717) is 18.8 Å². The maximum Gasteiger partial charge on any atom is 0.223 e. The molecule has 0 aromatic carbocycles. The van der Waals surface area contributed by atoms with Gasteiger partial charge in [0.1, 0.15) is 0 Å². The molecule has 0 spiro atoms. The van der Waals surface area contributed by atoms with E-state index in [-0.39, 0.29) is 17.3 Å². The summed E-state index contributed by atoms with van der Waals surface area (Å²) < 4.78 is 7.76. The number of hydrogen-bond donors (Lipinski definition) is 1. The molecule has 0 amide bonds. The van der Waals surface area contributed by atoms with E-state index in [4.69, 9.17) is 4.74 Å². The molecular weight excluding hydrogens is 280 g/mol. The van der Waals surface area contributed by atoms with Gasteiger partial charge < -0.3 is 19.3 Å². The first-order chi connectivity index (χ1) is 10.5. The molecule has 1 fully saturated rings. The van der Waals surface area contributed by atoms with Gasteiger partial charge >= 0.3 is 0 Å². The molecule has 1 atom stereocenters. The van der Waals surface area contributed by atoms with Gasteiger partial charge in [0.2, 0.25) is 5.43 Å². The molecular formula is C17H28N2O3. The largest absolute Gasteiger partial charge is 0.503 e. The van der Waals surface area contributed by atoms with Crippen LogP contribution in [0.1, 0.15) is 44.0 Å². The maximum atomic E-state index is 11.9. The molecule has 1 unspecified atom stereocenters.